The van der Waals surface area contributed by atoms with Gasteiger partial charge in [0.2, 0.25) is 9.84 Å². The molecule has 1 unspecified atom stereocenters. The van der Waals surface area contributed by atoms with Gasteiger partial charge in [0.05, 0.1) is 15.4 Å². The van der Waals surface area contributed by atoms with Gasteiger partial charge >= 0.3 is 6.61 Å². The molecule has 4 N–H and O–H groups in total. The van der Waals surface area contributed by atoms with Crippen LogP contribution in [0.4, 0.5) is 13.8 Å². The number of benzene rings is 1. The van der Waals surface area contributed by atoms with Gasteiger partial charge in [0.15, 0.2) is 0 Å². The van der Waals surface area contributed by atoms with Gasteiger partial charge in [-0.3, -0.25) is 9.59 Å². The molecule has 0 aliphatic heterocycles. The standard InChI is InChI=1S/C15H14F2N2O6S2/c1-7(20)13(22)19-14-11(12(18)21)10(6-26-14)27(23,24)9-4-2-8(3-5-9)25-15(16)17/h2-7,15,20H,1H3,(H2,18,21)(H,19,22). The van der Waals surface area contributed by atoms with Crippen LogP contribution in [0.3, 0.4) is 0 Å². The fourth-order valence-electron chi connectivity index (χ4n) is 2.01. The normalized spacial score (nSPS) is 12.6. The fourth-order valence-corrected chi connectivity index (χ4v) is 4.77. The number of anilines is 1. The van der Waals surface area contributed by atoms with Crippen molar-refractivity contribution in [3.63, 3.8) is 0 Å². The van der Waals surface area contributed by atoms with Crippen molar-refractivity contribution in [2.45, 2.75) is 29.4 Å². The number of aliphatic hydroxyl groups is 1. The van der Waals surface area contributed by atoms with Crippen LogP contribution in [0.25, 0.3) is 0 Å². The Labute approximate surface area is 156 Å². The Balaban J connectivity index is 2.45. The number of primary amides is 1. The minimum atomic E-state index is -4.24. The first kappa shape index (κ1) is 20.7. The van der Waals surface area contributed by atoms with E-state index in [1.165, 1.54) is 6.92 Å². The monoisotopic (exact) mass is 420 g/mol. The first-order chi connectivity index (χ1) is 12.5. The molecule has 12 heteroatoms. The van der Waals surface area contributed by atoms with Crippen LogP contribution in [0.5, 0.6) is 5.75 Å². The number of hydrogen-bond donors (Lipinski definition) is 3. The molecule has 0 aliphatic rings. The van der Waals surface area contributed by atoms with Gasteiger partial charge in [-0.2, -0.15) is 8.78 Å². The van der Waals surface area contributed by atoms with Crippen LogP contribution in [0.1, 0.15) is 17.3 Å². The molecule has 2 amide bonds. The van der Waals surface area contributed by atoms with Gasteiger partial charge in [0.1, 0.15) is 16.9 Å². The molecular formula is C15H14F2N2O6S2. The van der Waals surface area contributed by atoms with E-state index in [1.54, 1.807) is 0 Å². The third-order valence-electron chi connectivity index (χ3n) is 3.27. The average molecular weight is 420 g/mol. The predicted molar refractivity (Wildman–Crippen MR) is 91.7 cm³/mol. The van der Waals surface area contributed by atoms with Crippen LogP contribution in [0.2, 0.25) is 0 Å². The molecule has 1 aromatic heterocycles. The van der Waals surface area contributed by atoms with E-state index in [1.807, 2.05) is 0 Å². The van der Waals surface area contributed by atoms with Crippen LogP contribution < -0.4 is 15.8 Å². The van der Waals surface area contributed by atoms with Gasteiger partial charge in [-0.05, 0) is 31.2 Å². The lowest BCUT2D eigenvalue weighted by molar-refractivity contribution is -0.123. The molecule has 8 nitrogen and oxygen atoms in total. The number of thiophene rings is 1. The lowest BCUT2D eigenvalue weighted by atomic mass is 10.3. The van der Waals surface area contributed by atoms with E-state index in [0.717, 1.165) is 41.0 Å². The molecule has 0 saturated carbocycles. The third-order valence-corrected chi connectivity index (χ3v) is 6.11. The van der Waals surface area contributed by atoms with Crippen molar-refractivity contribution in [2.75, 3.05) is 5.32 Å². The molecule has 0 radical (unpaired) electrons. The zero-order valence-electron chi connectivity index (χ0n) is 13.7. The summed E-state index contributed by atoms with van der Waals surface area (Å²) in [6, 6.07) is 4.13. The second-order valence-electron chi connectivity index (χ2n) is 5.19. The molecule has 1 heterocycles. The molecule has 0 spiro atoms. The maximum atomic E-state index is 12.8. The Morgan fingerprint density at radius 2 is 1.85 bits per heavy atom. The zero-order valence-corrected chi connectivity index (χ0v) is 15.3. The molecule has 0 saturated heterocycles. The highest BCUT2D eigenvalue weighted by Gasteiger charge is 2.29. The number of sulfone groups is 1. The SMILES string of the molecule is CC(O)C(=O)Nc1scc(S(=O)(=O)c2ccc(OC(F)F)cc2)c1C(N)=O. The summed E-state index contributed by atoms with van der Waals surface area (Å²) in [5.74, 6) is -2.19. The van der Waals surface area contributed by atoms with E-state index in [-0.39, 0.29) is 15.6 Å². The highest BCUT2D eigenvalue weighted by molar-refractivity contribution is 7.91. The summed E-state index contributed by atoms with van der Waals surface area (Å²) >= 11 is 0.736. The Morgan fingerprint density at radius 3 is 2.33 bits per heavy atom. The molecule has 0 fully saturated rings. The lowest BCUT2D eigenvalue weighted by Gasteiger charge is -2.09. The lowest BCUT2D eigenvalue weighted by Crippen LogP contribution is -2.26. The maximum Gasteiger partial charge on any atom is 0.387 e. The van der Waals surface area contributed by atoms with Gasteiger partial charge in [0, 0.05) is 5.38 Å². The second-order valence-corrected chi connectivity index (χ2v) is 7.98. The number of halogens is 2. The van der Waals surface area contributed by atoms with Crippen LogP contribution >= 0.6 is 11.3 Å². The predicted octanol–water partition coefficient (Wildman–Crippen LogP) is 1.60. The Morgan fingerprint density at radius 1 is 1.26 bits per heavy atom. The summed E-state index contributed by atoms with van der Waals surface area (Å²) in [7, 11) is -4.24. The van der Waals surface area contributed by atoms with E-state index >= 15 is 0 Å². The highest BCUT2D eigenvalue weighted by Crippen LogP contribution is 2.35. The number of carbonyl (C=O) groups is 2. The molecule has 0 aliphatic carbocycles. The number of alkyl halides is 2. The van der Waals surface area contributed by atoms with Crippen molar-refractivity contribution in [1.29, 1.82) is 0 Å². The Bertz CT molecular complexity index is 955. The molecule has 2 aromatic rings. The van der Waals surface area contributed by atoms with E-state index in [9.17, 15) is 31.9 Å². The Kier molecular flexibility index (Phi) is 6.13. The van der Waals surface area contributed by atoms with Crippen LogP contribution in [-0.2, 0) is 14.6 Å². The summed E-state index contributed by atoms with van der Waals surface area (Å²) in [5.41, 5.74) is 4.81. The van der Waals surface area contributed by atoms with Crippen LogP contribution in [0.15, 0.2) is 39.4 Å². The van der Waals surface area contributed by atoms with Gasteiger partial charge in [-0.15, -0.1) is 11.3 Å². The first-order valence-electron chi connectivity index (χ1n) is 7.24. The second kappa shape index (κ2) is 7.98. The van der Waals surface area contributed by atoms with E-state index < -0.39 is 44.8 Å². The topological polar surface area (TPSA) is 136 Å². The number of aliphatic hydroxyl groups excluding tert-OH is 1. The quantitative estimate of drug-likeness (QED) is 0.623. The third kappa shape index (κ3) is 4.59. The van der Waals surface area contributed by atoms with Gasteiger partial charge in [-0.1, -0.05) is 0 Å². The summed E-state index contributed by atoms with van der Waals surface area (Å²) in [4.78, 5) is 22.6. The van der Waals surface area contributed by atoms with Crippen LogP contribution in [-0.4, -0.2) is 38.1 Å². The number of ether oxygens (including phenoxy) is 1. The van der Waals surface area contributed by atoms with E-state index in [4.69, 9.17) is 5.73 Å². The summed E-state index contributed by atoms with van der Waals surface area (Å²) in [6.07, 6.45) is -1.39. The molecular weight excluding hydrogens is 406 g/mol. The fraction of sp³-hybridized carbons (Fsp3) is 0.200. The van der Waals surface area contributed by atoms with E-state index in [0.29, 0.717) is 0 Å². The molecule has 1 aromatic carbocycles. The minimum Gasteiger partial charge on any atom is -0.435 e. The zero-order chi connectivity index (χ0) is 20.4. The molecule has 1 atom stereocenters. The molecule has 146 valence electrons. The molecule has 0 bridgehead atoms. The number of hydrogen-bond acceptors (Lipinski definition) is 7. The minimum absolute atomic E-state index is 0.135. The average Bonchev–Trinajstić information content (AvgIpc) is 2.99. The van der Waals surface area contributed by atoms with Crippen molar-refractivity contribution >= 4 is 38.0 Å². The van der Waals surface area contributed by atoms with Gasteiger partial charge < -0.3 is 20.9 Å². The number of nitrogens with two attached hydrogens (primary N) is 1. The van der Waals surface area contributed by atoms with Gasteiger partial charge in [0.25, 0.3) is 11.8 Å². The van der Waals surface area contributed by atoms with Crippen LogP contribution in [0, 0.1) is 0 Å². The first-order valence-corrected chi connectivity index (χ1v) is 9.60. The largest absolute Gasteiger partial charge is 0.435 e. The summed E-state index contributed by atoms with van der Waals surface area (Å²) in [5, 5.41) is 12.4. The Hall–Kier alpha value is -2.57. The van der Waals surface area contributed by atoms with Crippen molar-refractivity contribution in [3.8, 4) is 5.75 Å². The summed E-state index contributed by atoms with van der Waals surface area (Å²) in [6.45, 7) is -1.88. The van der Waals surface area contributed by atoms with Crippen molar-refractivity contribution in [3.05, 3.63) is 35.2 Å². The van der Waals surface area contributed by atoms with Gasteiger partial charge in [-0.25, -0.2) is 8.42 Å². The van der Waals surface area contributed by atoms with Crippen molar-refractivity contribution in [1.82, 2.24) is 0 Å². The number of rotatable bonds is 7. The molecule has 27 heavy (non-hydrogen) atoms. The number of amides is 2. The van der Waals surface area contributed by atoms with Crippen molar-refractivity contribution in [2.24, 2.45) is 5.73 Å². The smallest absolute Gasteiger partial charge is 0.387 e. The number of carbonyl (C=O) groups excluding carboxylic acids is 2. The molecule has 2 rings (SSSR count). The summed E-state index contributed by atoms with van der Waals surface area (Å²) < 4.78 is 54.1. The highest BCUT2D eigenvalue weighted by atomic mass is 32.2. The number of nitrogens with one attached hydrogen (secondary N) is 1. The van der Waals surface area contributed by atoms with Crippen molar-refractivity contribution < 1.29 is 36.6 Å². The van der Waals surface area contributed by atoms with E-state index in [2.05, 4.69) is 10.1 Å². The maximum absolute atomic E-state index is 12.8.